The van der Waals surface area contributed by atoms with Gasteiger partial charge < -0.3 is 19.3 Å². The van der Waals surface area contributed by atoms with Crippen molar-refractivity contribution < 1.29 is 14.3 Å². The van der Waals surface area contributed by atoms with Gasteiger partial charge in [0.05, 0.1) is 14.2 Å². The van der Waals surface area contributed by atoms with Crippen LogP contribution in [0.3, 0.4) is 0 Å². The van der Waals surface area contributed by atoms with Gasteiger partial charge in [0.25, 0.3) is 0 Å². The number of hydrogen-bond donors (Lipinski definition) is 0. The molecule has 0 unspecified atom stereocenters. The Kier molecular flexibility index (Phi) is 6.92. The number of methoxy groups -OCH3 is 2. The quantitative estimate of drug-likeness (QED) is 0.681. The molecule has 7 heteroatoms. The Balaban J connectivity index is 1.31. The van der Waals surface area contributed by atoms with Crippen LogP contribution in [0.5, 0.6) is 11.5 Å². The van der Waals surface area contributed by atoms with Crippen molar-refractivity contribution in [1.29, 1.82) is 0 Å². The third-order valence-corrected chi connectivity index (χ3v) is 6.38. The Labute approximate surface area is 184 Å². The van der Waals surface area contributed by atoms with Gasteiger partial charge >= 0.3 is 0 Å². The van der Waals surface area contributed by atoms with Crippen molar-refractivity contribution in [2.24, 2.45) is 0 Å². The first-order valence-corrected chi connectivity index (χ1v) is 11.1. The number of pyridine rings is 1. The average Bonchev–Trinajstić information content (AvgIpc) is 3.31. The molecular weight excluding hydrogens is 392 g/mol. The van der Waals surface area contributed by atoms with Crippen LogP contribution < -0.4 is 14.4 Å². The minimum atomic E-state index is 0.244. The summed E-state index contributed by atoms with van der Waals surface area (Å²) in [6.45, 7) is 4.96. The summed E-state index contributed by atoms with van der Waals surface area (Å²) < 4.78 is 11.0. The van der Waals surface area contributed by atoms with E-state index in [9.17, 15) is 4.79 Å². The third kappa shape index (κ3) is 4.93. The summed E-state index contributed by atoms with van der Waals surface area (Å²) in [4.78, 5) is 24.0. The van der Waals surface area contributed by atoms with E-state index in [-0.39, 0.29) is 11.9 Å². The number of hydrogen-bond acceptors (Lipinski definition) is 6. The number of aromatic nitrogens is 1. The van der Waals surface area contributed by atoms with Crippen LogP contribution in [0, 0.1) is 0 Å². The summed E-state index contributed by atoms with van der Waals surface area (Å²) in [6.07, 6.45) is 4.59. The van der Waals surface area contributed by atoms with Crippen molar-refractivity contribution in [3.8, 4) is 11.5 Å². The van der Waals surface area contributed by atoms with Crippen molar-refractivity contribution in [3.63, 3.8) is 0 Å². The molecule has 166 valence electrons. The molecule has 7 nitrogen and oxygen atoms in total. The Morgan fingerprint density at radius 2 is 1.90 bits per heavy atom. The number of benzene rings is 1. The maximum absolute atomic E-state index is 12.9. The fourth-order valence-corrected chi connectivity index (χ4v) is 4.66. The zero-order valence-corrected chi connectivity index (χ0v) is 18.5. The van der Waals surface area contributed by atoms with Gasteiger partial charge in [-0.1, -0.05) is 12.1 Å². The van der Waals surface area contributed by atoms with Gasteiger partial charge in [-0.25, -0.2) is 4.98 Å². The first-order valence-electron chi connectivity index (χ1n) is 11.1. The molecule has 0 spiro atoms. The molecule has 1 aromatic heterocycles. The summed E-state index contributed by atoms with van der Waals surface area (Å²) in [7, 11) is 3.36. The summed E-state index contributed by atoms with van der Waals surface area (Å²) in [5.41, 5.74) is 1.18. The maximum atomic E-state index is 12.9. The maximum Gasteiger partial charge on any atom is 0.223 e. The molecule has 4 rings (SSSR count). The molecule has 0 saturated carbocycles. The van der Waals surface area contributed by atoms with Gasteiger partial charge in [-0.15, -0.1) is 0 Å². The molecular formula is C24H32N4O3. The first-order chi connectivity index (χ1) is 15.2. The van der Waals surface area contributed by atoms with Gasteiger partial charge in [0.1, 0.15) is 17.3 Å². The van der Waals surface area contributed by atoms with Crippen LogP contribution in [0.2, 0.25) is 0 Å². The topological polar surface area (TPSA) is 58.1 Å². The number of ether oxygens (including phenoxy) is 2. The van der Waals surface area contributed by atoms with Gasteiger partial charge in [-0.3, -0.25) is 9.69 Å². The fourth-order valence-electron chi connectivity index (χ4n) is 4.66. The number of carbonyl (C=O) groups excluding carboxylic acids is 1. The Bertz CT molecular complexity index is 868. The average molecular weight is 425 g/mol. The summed E-state index contributed by atoms with van der Waals surface area (Å²) in [5.74, 6) is 2.88. The van der Waals surface area contributed by atoms with Gasteiger partial charge in [0, 0.05) is 63.0 Å². The van der Waals surface area contributed by atoms with E-state index in [0.29, 0.717) is 6.42 Å². The molecule has 3 heterocycles. The van der Waals surface area contributed by atoms with E-state index in [1.807, 2.05) is 41.4 Å². The number of piperazine rings is 1. The van der Waals surface area contributed by atoms with Crippen molar-refractivity contribution in [3.05, 3.63) is 48.2 Å². The predicted octanol–water partition coefficient (Wildman–Crippen LogP) is 2.97. The number of rotatable bonds is 7. The summed E-state index contributed by atoms with van der Waals surface area (Å²) in [5, 5.41) is 0. The largest absolute Gasteiger partial charge is 0.497 e. The zero-order valence-electron chi connectivity index (χ0n) is 18.5. The molecule has 2 saturated heterocycles. The van der Waals surface area contributed by atoms with E-state index in [4.69, 9.17) is 9.47 Å². The smallest absolute Gasteiger partial charge is 0.223 e. The van der Waals surface area contributed by atoms with Crippen molar-refractivity contribution in [2.45, 2.75) is 25.3 Å². The Hall–Kier alpha value is -2.80. The summed E-state index contributed by atoms with van der Waals surface area (Å²) >= 11 is 0. The lowest BCUT2D eigenvalue weighted by atomic mass is 10.0. The van der Waals surface area contributed by atoms with Crippen LogP contribution in [0.4, 0.5) is 5.82 Å². The molecule has 1 aromatic carbocycles. The fraction of sp³-hybridized carbons (Fsp3) is 0.500. The highest BCUT2D eigenvalue weighted by molar-refractivity contribution is 5.76. The second-order valence-corrected chi connectivity index (χ2v) is 8.11. The lowest BCUT2D eigenvalue weighted by Gasteiger charge is -2.36. The number of nitrogens with zero attached hydrogens (tertiary/aromatic N) is 4. The Morgan fingerprint density at radius 3 is 2.61 bits per heavy atom. The van der Waals surface area contributed by atoms with Gasteiger partial charge in [-0.05, 0) is 37.6 Å². The minimum Gasteiger partial charge on any atom is -0.497 e. The van der Waals surface area contributed by atoms with Crippen LogP contribution in [-0.4, -0.2) is 74.2 Å². The van der Waals surface area contributed by atoms with Crippen molar-refractivity contribution >= 4 is 11.7 Å². The monoisotopic (exact) mass is 424 g/mol. The number of anilines is 1. The van der Waals surface area contributed by atoms with Gasteiger partial charge in [0.2, 0.25) is 5.91 Å². The summed E-state index contributed by atoms with van der Waals surface area (Å²) in [6, 6.07) is 12.3. The van der Waals surface area contributed by atoms with E-state index >= 15 is 0 Å². The van der Waals surface area contributed by atoms with E-state index in [1.165, 1.54) is 5.56 Å². The molecule has 2 fully saturated rings. The zero-order chi connectivity index (χ0) is 21.6. The normalized spacial score (nSPS) is 19.5. The predicted molar refractivity (Wildman–Crippen MR) is 121 cm³/mol. The minimum absolute atomic E-state index is 0.244. The molecule has 0 bridgehead atoms. The third-order valence-electron chi connectivity index (χ3n) is 6.38. The number of carbonyl (C=O) groups is 1. The second kappa shape index (κ2) is 10.0. The standard InChI is InChI=1S/C24H32N4O3/c1-30-19-8-9-20(22(18-19)31-2)21-6-5-12-26(21)13-10-24(29)28-16-14-27(15-17-28)23-7-3-4-11-25-23/h3-4,7-9,11,18,21H,5-6,10,12-17H2,1-2H3/t21-/m1/s1. The molecule has 31 heavy (non-hydrogen) atoms. The van der Waals surface area contributed by atoms with E-state index in [2.05, 4.69) is 20.9 Å². The van der Waals surface area contributed by atoms with Crippen molar-refractivity contribution in [2.75, 3.05) is 58.4 Å². The molecule has 0 radical (unpaired) electrons. The van der Waals surface area contributed by atoms with E-state index < -0.39 is 0 Å². The highest BCUT2D eigenvalue weighted by Crippen LogP contribution is 2.38. The number of likely N-dealkylation sites (tertiary alicyclic amines) is 1. The molecule has 1 atom stereocenters. The van der Waals surface area contributed by atoms with Crippen LogP contribution >= 0.6 is 0 Å². The van der Waals surface area contributed by atoms with Crippen molar-refractivity contribution in [1.82, 2.24) is 14.8 Å². The molecule has 0 aliphatic carbocycles. The van der Waals surface area contributed by atoms with E-state index in [1.54, 1.807) is 14.2 Å². The molecule has 1 amide bonds. The van der Waals surface area contributed by atoms with Crippen LogP contribution in [-0.2, 0) is 4.79 Å². The second-order valence-electron chi connectivity index (χ2n) is 8.11. The van der Waals surface area contributed by atoms with Gasteiger partial charge in [-0.2, -0.15) is 0 Å². The molecule has 0 N–H and O–H groups in total. The van der Waals surface area contributed by atoms with Crippen LogP contribution in [0.25, 0.3) is 0 Å². The molecule has 2 aliphatic rings. The Morgan fingerprint density at radius 1 is 1.06 bits per heavy atom. The first kappa shape index (κ1) is 21.4. The highest BCUT2D eigenvalue weighted by Gasteiger charge is 2.29. The van der Waals surface area contributed by atoms with Crippen LogP contribution in [0.1, 0.15) is 30.9 Å². The van der Waals surface area contributed by atoms with Crippen LogP contribution in [0.15, 0.2) is 42.6 Å². The lowest BCUT2D eigenvalue weighted by molar-refractivity contribution is -0.131. The van der Waals surface area contributed by atoms with E-state index in [0.717, 1.165) is 69.4 Å². The molecule has 2 aromatic rings. The SMILES string of the molecule is COc1ccc([C@H]2CCCN2CCC(=O)N2CCN(c3ccccn3)CC2)c(OC)c1. The lowest BCUT2D eigenvalue weighted by Crippen LogP contribution is -2.49. The van der Waals surface area contributed by atoms with Gasteiger partial charge in [0.15, 0.2) is 0 Å². The molecule has 2 aliphatic heterocycles. The highest BCUT2D eigenvalue weighted by atomic mass is 16.5. The number of amides is 1.